The number of piperidine rings is 1. The predicted octanol–water partition coefficient (Wildman–Crippen LogP) is 3.10. The highest BCUT2D eigenvalue weighted by atomic mass is 16.2. The number of allylic oxidation sites excluding steroid dienone is 1. The molecule has 1 aromatic rings. The van der Waals surface area contributed by atoms with Gasteiger partial charge in [-0.25, -0.2) is 0 Å². The quantitative estimate of drug-likeness (QED) is 0.794. The number of hydrogen-bond acceptors (Lipinski definition) is 4. The van der Waals surface area contributed by atoms with Crippen molar-refractivity contribution in [1.82, 2.24) is 10.2 Å². The molecule has 0 bridgehead atoms. The van der Waals surface area contributed by atoms with E-state index >= 15 is 0 Å². The van der Waals surface area contributed by atoms with Gasteiger partial charge in [0.15, 0.2) is 5.78 Å². The van der Waals surface area contributed by atoms with E-state index in [0.717, 1.165) is 31.6 Å². The number of likely N-dealkylation sites (N-methyl/N-ethyl adjacent to an activating group) is 1. The molecular formula is C23H33N3O2. The summed E-state index contributed by atoms with van der Waals surface area (Å²) < 4.78 is 0. The predicted molar refractivity (Wildman–Crippen MR) is 113 cm³/mol. The standard InChI is InChI=1S/C23H33N3O2/c1-16(2)24-22(28)17-10-12-26(13-11-17)15-18(27)14-21-23(3,4)19-8-6-7-9-20(19)25(21)5/h6-9,14,16-17H,10-13,15H2,1-5H3,(H,24,28)/b21-14+. The van der Waals surface area contributed by atoms with Crippen LogP contribution < -0.4 is 10.2 Å². The number of nitrogens with one attached hydrogen (secondary N) is 1. The van der Waals surface area contributed by atoms with Crippen LogP contribution >= 0.6 is 0 Å². The summed E-state index contributed by atoms with van der Waals surface area (Å²) in [6.45, 7) is 10.3. The first-order valence-electron chi connectivity index (χ1n) is 10.3. The average molecular weight is 384 g/mol. The Bertz CT molecular complexity index is 774. The highest BCUT2D eigenvalue weighted by molar-refractivity contribution is 5.94. The lowest BCUT2D eigenvalue weighted by molar-refractivity contribution is -0.127. The van der Waals surface area contributed by atoms with Crippen LogP contribution in [-0.2, 0) is 15.0 Å². The Morgan fingerprint density at radius 1 is 1.21 bits per heavy atom. The first-order chi connectivity index (χ1) is 13.2. The van der Waals surface area contributed by atoms with Gasteiger partial charge < -0.3 is 10.2 Å². The first-order valence-corrected chi connectivity index (χ1v) is 10.3. The van der Waals surface area contributed by atoms with E-state index in [-0.39, 0.29) is 29.1 Å². The van der Waals surface area contributed by atoms with Crippen LogP contribution in [0.25, 0.3) is 0 Å². The van der Waals surface area contributed by atoms with Crippen LogP contribution in [0.4, 0.5) is 5.69 Å². The molecule has 2 aliphatic heterocycles. The molecule has 5 nitrogen and oxygen atoms in total. The van der Waals surface area contributed by atoms with Crippen molar-refractivity contribution >= 4 is 17.4 Å². The first kappa shape index (κ1) is 20.6. The van der Waals surface area contributed by atoms with E-state index in [4.69, 9.17) is 0 Å². The van der Waals surface area contributed by atoms with Crippen molar-refractivity contribution in [3.8, 4) is 0 Å². The minimum Gasteiger partial charge on any atom is -0.354 e. The van der Waals surface area contributed by atoms with Crippen LogP contribution in [0.15, 0.2) is 36.0 Å². The van der Waals surface area contributed by atoms with Gasteiger partial charge in [0.25, 0.3) is 0 Å². The van der Waals surface area contributed by atoms with Crippen molar-refractivity contribution in [3.63, 3.8) is 0 Å². The third-order valence-electron chi connectivity index (χ3n) is 6.01. The molecule has 0 aromatic heterocycles. The zero-order valence-electron chi connectivity index (χ0n) is 17.8. The second kappa shape index (κ2) is 8.08. The van der Waals surface area contributed by atoms with Gasteiger partial charge in [-0.1, -0.05) is 32.0 Å². The minimum atomic E-state index is -0.178. The highest BCUT2D eigenvalue weighted by Crippen LogP contribution is 2.46. The number of hydrogen-bond donors (Lipinski definition) is 1. The Morgan fingerprint density at radius 2 is 1.86 bits per heavy atom. The third-order valence-corrected chi connectivity index (χ3v) is 6.01. The van der Waals surface area contributed by atoms with E-state index in [0.29, 0.717) is 6.54 Å². The Kier molecular flexibility index (Phi) is 5.94. The fourth-order valence-electron chi connectivity index (χ4n) is 4.43. The van der Waals surface area contributed by atoms with Gasteiger partial charge in [0.1, 0.15) is 0 Å². The molecular weight excluding hydrogens is 350 g/mol. The van der Waals surface area contributed by atoms with Crippen LogP contribution in [0.5, 0.6) is 0 Å². The van der Waals surface area contributed by atoms with Crippen LogP contribution in [0.2, 0.25) is 0 Å². The van der Waals surface area contributed by atoms with Crippen molar-refractivity contribution in [2.75, 3.05) is 31.6 Å². The van der Waals surface area contributed by atoms with Crippen molar-refractivity contribution in [2.45, 2.75) is 52.0 Å². The van der Waals surface area contributed by atoms with E-state index in [2.05, 4.69) is 47.2 Å². The Hall–Kier alpha value is -2.14. The molecule has 2 aliphatic rings. The number of ketones is 1. The maximum Gasteiger partial charge on any atom is 0.223 e. The summed E-state index contributed by atoms with van der Waals surface area (Å²) in [7, 11) is 2.03. The van der Waals surface area contributed by atoms with Crippen LogP contribution in [0, 0.1) is 5.92 Å². The largest absolute Gasteiger partial charge is 0.354 e. The molecule has 0 unspecified atom stereocenters. The number of para-hydroxylation sites is 1. The fraction of sp³-hybridized carbons (Fsp3) is 0.565. The molecule has 2 heterocycles. The van der Waals surface area contributed by atoms with Crippen LogP contribution in [0.1, 0.15) is 46.1 Å². The van der Waals surface area contributed by atoms with Crippen LogP contribution in [-0.4, -0.2) is 49.3 Å². The molecule has 1 aromatic carbocycles. The number of likely N-dealkylation sites (tertiary alicyclic amines) is 1. The number of carbonyl (C=O) groups excluding carboxylic acids is 2. The highest BCUT2D eigenvalue weighted by Gasteiger charge is 2.38. The molecule has 1 saturated heterocycles. The molecule has 0 saturated carbocycles. The zero-order valence-corrected chi connectivity index (χ0v) is 17.8. The van der Waals surface area contributed by atoms with E-state index in [9.17, 15) is 9.59 Å². The molecule has 3 rings (SSSR count). The van der Waals surface area contributed by atoms with Crippen molar-refractivity contribution in [3.05, 3.63) is 41.6 Å². The zero-order chi connectivity index (χ0) is 20.5. The summed E-state index contributed by atoms with van der Waals surface area (Å²) in [6, 6.07) is 8.52. The van der Waals surface area contributed by atoms with Crippen LogP contribution in [0.3, 0.4) is 0 Å². The molecule has 0 aliphatic carbocycles. The molecule has 0 radical (unpaired) electrons. The van der Waals surface area contributed by atoms with Gasteiger partial charge in [0, 0.05) is 41.9 Å². The second-order valence-electron chi connectivity index (χ2n) is 8.91. The summed E-state index contributed by atoms with van der Waals surface area (Å²) >= 11 is 0. The number of amides is 1. The van der Waals surface area contributed by atoms with E-state index in [1.807, 2.05) is 33.0 Å². The second-order valence-corrected chi connectivity index (χ2v) is 8.91. The van der Waals surface area contributed by atoms with Crippen molar-refractivity contribution < 1.29 is 9.59 Å². The van der Waals surface area contributed by atoms with Gasteiger partial charge in [-0.3, -0.25) is 14.5 Å². The Labute approximate surface area is 168 Å². The van der Waals surface area contributed by atoms with Gasteiger partial charge in [-0.05, 0) is 51.4 Å². The lowest BCUT2D eigenvalue weighted by Gasteiger charge is -2.31. The Morgan fingerprint density at radius 3 is 2.46 bits per heavy atom. The number of fused-ring (bicyclic) bond motifs is 1. The summed E-state index contributed by atoms with van der Waals surface area (Å²) in [5.74, 6) is 0.351. The van der Waals surface area contributed by atoms with Crippen molar-refractivity contribution in [1.29, 1.82) is 0 Å². The normalized spacial score (nSPS) is 21.2. The molecule has 1 fully saturated rings. The SMILES string of the molecule is CC(C)NC(=O)C1CCN(CC(=O)/C=C2/N(C)c3ccccc3C2(C)C)CC1. The van der Waals surface area contributed by atoms with Gasteiger partial charge in [-0.2, -0.15) is 0 Å². The summed E-state index contributed by atoms with van der Waals surface area (Å²) in [4.78, 5) is 29.3. The van der Waals surface area contributed by atoms with E-state index in [1.54, 1.807) is 0 Å². The molecule has 28 heavy (non-hydrogen) atoms. The molecule has 0 spiro atoms. The number of carbonyl (C=O) groups is 2. The lowest BCUT2D eigenvalue weighted by atomic mass is 9.83. The monoisotopic (exact) mass is 383 g/mol. The lowest BCUT2D eigenvalue weighted by Crippen LogP contribution is -2.43. The summed E-state index contributed by atoms with van der Waals surface area (Å²) in [5, 5.41) is 3.00. The minimum absolute atomic E-state index is 0.0708. The van der Waals surface area contributed by atoms with Crippen molar-refractivity contribution in [2.24, 2.45) is 5.92 Å². The molecule has 0 atom stereocenters. The van der Waals surface area contributed by atoms with Gasteiger partial charge in [0.2, 0.25) is 5.91 Å². The van der Waals surface area contributed by atoms with Gasteiger partial charge in [0.05, 0.1) is 6.54 Å². The fourth-order valence-corrected chi connectivity index (χ4v) is 4.43. The molecule has 5 heteroatoms. The summed E-state index contributed by atoms with van der Waals surface area (Å²) in [6.07, 6.45) is 3.45. The number of anilines is 1. The molecule has 152 valence electrons. The number of benzene rings is 1. The number of nitrogens with zero attached hydrogens (tertiary/aromatic N) is 2. The topological polar surface area (TPSA) is 52.7 Å². The Balaban J connectivity index is 1.60. The maximum absolute atomic E-state index is 12.8. The smallest absolute Gasteiger partial charge is 0.223 e. The van der Waals surface area contributed by atoms with Gasteiger partial charge >= 0.3 is 0 Å². The van der Waals surface area contributed by atoms with E-state index < -0.39 is 0 Å². The van der Waals surface area contributed by atoms with E-state index in [1.165, 1.54) is 11.3 Å². The molecule has 1 N–H and O–H groups in total. The van der Waals surface area contributed by atoms with Gasteiger partial charge in [-0.15, -0.1) is 0 Å². The average Bonchev–Trinajstić information content (AvgIpc) is 2.83. The number of rotatable bonds is 5. The third kappa shape index (κ3) is 4.14. The summed E-state index contributed by atoms with van der Waals surface area (Å²) in [5.41, 5.74) is 3.30. The molecule has 1 amide bonds. The maximum atomic E-state index is 12.8.